The van der Waals surface area contributed by atoms with Gasteiger partial charge in [-0.05, 0) is 56.6 Å². The number of hydrogen-bond acceptors (Lipinski definition) is 1. The van der Waals surface area contributed by atoms with Crippen molar-refractivity contribution in [2.45, 2.75) is 64.7 Å². The lowest BCUT2D eigenvalue weighted by molar-refractivity contribution is 0.507. The molecule has 1 nitrogen and oxygen atoms in total. The summed E-state index contributed by atoms with van der Waals surface area (Å²) in [4.78, 5) is 0. The second-order valence-electron chi connectivity index (χ2n) is 6.74. The molecule has 1 saturated carbocycles. The Kier molecular flexibility index (Phi) is 7.11. The summed E-state index contributed by atoms with van der Waals surface area (Å²) in [5, 5.41) is 0. The maximum Gasteiger partial charge on any atom is 0.126 e. The zero-order valence-electron chi connectivity index (χ0n) is 13.9. The Labute approximate surface area is 134 Å². The van der Waals surface area contributed by atoms with Gasteiger partial charge in [0, 0.05) is 6.54 Å². The Morgan fingerprint density at radius 3 is 2.82 bits per heavy atom. The predicted octanol–water partition coefficient (Wildman–Crippen LogP) is 5.31. The smallest absolute Gasteiger partial charge is 0.126 e. The van der Waals surface area contributed by atoms with Gasteiger partial charge in [0.1, 0.15) is 5.82 Å². The van der Waals surface area contributed by atoms with Gasteiger partial charge in [0.15, 0.2) is 0 Å². The normalized spacial score (nSPS) is 16.4. The zero-order chi connectivity index (χ0) is 15.8. The molecule has 1 aromatic rings. The van der Waals surface area contributed by atoms with E-state index in [0.29, 0.717) is 6.54 Å². The Morgan fingerprint density at radius 2 is 2.09 bits per heavy atom. The average Bonchev–Trinajstić information content (AvgIpc) is 3.02. The molecule has 0 heterocycles. The third-order valence-electron chi connectivity index (χ3n) is 4.89. The third kappa shape index (κ3) is 5.57. The molecule has 1 aromatic carbocycles. The lowest BCUT2D eigenvalue weighted by Crippen LogP contribution is -2.04. The first-order valence-electron chi connectivity index (χ1n) is 8.82. The largest absolute Gasteiger partial charge is 0.327 e. The molecule has 1 fully saturated rings. The van der Waals surface area contributed by atoms with Crippen LogP contribution >= 0.6 is 0 Å². The molecule has 2 N–H and O–H groups in total. The summed E-state index contributed by atoms with van der Waals surface area (Å²) in [7, 11) is 0. The van der Waals surface area contributed by atoms with Crippen LogP contribution in [0.2, 0.25) is 0 Å². The van der Waals surface area contributed by atoms with Gasteiger partial charge in [-0.2, -0.15) is 0 Å². The highest BCUT2D eigenvalue weighted by Gasteiger charge is 2.13. The fraction of sp³-hybridized carbons (Fsp3) is 0.600. The summed E-state index contributed by atoms with van der Waals surface area (Å²) in [6.45, 7) is 2.65. The first-order chi connectivity index (χ1) is 10.7. The number of rotatable bonds is 8. The minimum atomic E-state index is -0.0786. The van der Waals surface area contributed by atoms with Gasteiger partial charge >= 0.3 is 0 Å². The summed E-state index contributed by atoms with van der Waals surface area (Å²) < 4.78 is 13.7. The summed E-state index contributed by atoms with van der Waals surface area (Å²) in [5.74, 6) is 0.863. The number of hydrogen-bond donors (Lipinski definition) is 1. The van der Waals surface area contributed by atoms with Gasteiger partial charge in [0.25, 0.3) is 0 Å². The van der Waals surface area contributed by atoms with Crippen LogP contribution in [0, 0.1) is 18.7 Å². The molecule has 2 heteroatoms. The minimum absolute atomic E-state index is 0.0786. The van der Waals surface area contributed by atoms with Gasteiger partial charge in [-0.3, -0.25) is 0 Å². The maximum atomic E-state index is 13.7. The van der Waals surface area contributed by atoms with Gasteiger partial charge in [-0.1, -0.05) is 55.0 Å². The fourth-order valence-corrected chi connectivity index (χ4v) is 3.51. The summed E-state index contributed by atoms with van der Waals surface area (Å²) in [6, 6.07) is 5.36. The van der Waals surface area contributed by atoms with Gasteiger partial charge < -0.3 is 5.73 Å². The van der Waals surface area contributed by atoms with Gasteiger partial charge in [0.2, 0.25) is 0 Å². The van der Waals surface area contributed by atoms with Crippen molar-refractivity contribution in [3.05, 3.63) is 46.8 Å². The molecule has 22 heavy (non-hydrogen) atoms. The van der Waals surface area contributed by atoms with Crippen molar-refractivity contribution >= 4 is 0 Å². The number of aryl methyl sites for hydroxylation is 2. The molecule has 1 aliphatic rings. The Hall–Kier alpha value is -1.15. The van der Waals surface area contributed by atoms with E-state index in [1.165, 1.54) is 37.7 Å². The van der Waals surface area contributed by atoms with Gasteiger partial charge in [-0.25, -0.2) is 4.39 Å². The van der Waals surface area contributed by atoms with Crippen LogP contribution < -0.4 is 5.73 Å². The molecule has 122 valence electrons. The van der Waals surface area contributed by atoms with Crippen LogP contribution in [0.25, 0.3) is 0 Å². The van der Waals surface area contributed by atoms with E-state index in [1.807, 2.05) is 19.1 Å². The monoisotopic (exact) mass is 303 g/mol. The summed E-state index contributed by atoms with van der Waals surface area (Å²) >= 11 is 0. The van der Waals surface area contributed by atoms with Crippen molar-refractivity contribution in [3.8, 4) is 0 Å². The number of halogens is 1. The second-order valence-corrected chi connectivity index (χ2v) is 6.74. The van der Waals surface area contributed by atoms with Crippen molar-refractivity contribution in [2.75, 3.05) is 6.54 Å². The van der Waals surface area contributed by atoms with Crippen LogP contribution in [-0.2, 0) is 6.42 Å². The number of benzene rings is 1. The molecule has 0 aromatic heterocycles. The summed E-state index contributed by atoms with van der Waals surface area (Å²) in [6.07, 6.45) is 13.3. The van der Waals surface area contributed by atoms with E-state index in [1.54, 1.807) is 6.07 Å². The SMILES string of the molecule is Cc1ccc(F)c(CCC/C(=C/CCC2CCCC2)CN)c1. The maximum absolute atomic E-state index is 13.7. The lowest BCUT2D eigenvalue weighted by atomic mass is 9.98. The van der Waals surface area contributed by atoms with Crippen molar-refractivity contribution < 1.29 is 4.39 Å². The van der Waals surface area contributed by atoms with Crippen LogP contribution in [-0.4, -0.2) is 6.54 Å². The first-order valence-corrected chi connectivity index (χ1v) is 8.82. The van der Waals surface area contributed by atoms with Crippen molar-refractivity contribution in [1.82, 2.24) is 0 Å². The molecule has 0 amide bonds. The van der Waals surface area contributed by atoms with Gasteiger partial charge in [-0.15, -0.1) is 0 Å². The topological polar surface area (TPSA) is 26.0 Å². The van der Waals surface area contributed by atoms with E-state index in [4.69, 9.17) is 5.73 Å². The van der Waals surface area contributed by atoms with E-state index in [-0.39, 0.29) is 5.82 Å². The van der Waals surface area contributed by atoms with E-state index in [0.717, 1.165) is 42.7 Å². The van der Waals surface area contributed by atoms with Gasteiger partial charge in [0.05, 0.1) is 0 Å². The zero-order valence-corrected chi connectivity index (χ0v) is 13.9. The molecule has 0 bridgehead atoms. The molecular weight excluding hydrogens is 273 g/mol. The van der Waals surface area contributed by atoms with E-state index in [2.05, 4.69) is 6.08 Å². The molecule has 0 saturated heterocycles. The molecule has 2 rings (SSSR count). The molecule has 0 unspecified atom stereocenters. The first kappa shape index (κ1) is 17.2. The molecule has 1 aliphatic carbocycles. The minimum Gasteiger partial charge on any atom is -0.327 e. The van der Waals surface area contributed by atoms with Crippen LogP contribution in [0.4, 0.5) is 4.39 Å². The molecule has 0 aliphatic heterocycles. The van der Waals surface area contributed by atoms with Crippen LogP contribution in [0.15, 0.2) is 29.8 Å². The summed E-state index contributed by atoms with van der Waals surface area (Å²) in [5.41, 5.74) is 9.16. The van der Waals surface area contributed by atoms with Crippen molar-refractivity contribution in [3.63, 3.8) is 0 Å². The molecule has 0 radical (unpaired) electrons. The predicted molar refractivity (Wildman–Crippen MR) is 92.4 cm³/mol. The second kappa shape index (κ2) is 9.09. The fourth-order valence-electron chi connectivity index (χ4n) is 3.51. The van der Waals surface area contributed by atoms with Crippen LogP contribution in [0.5, 0.6) is 0 Å². The Balaban J connectivity index is 1.74. The molecule has 0 spiro atoms. The van der Waals surface area contributed by atoms with Crippen LogP contribution in [0.3, 0.4) is 0 Å². The standard InChI is InChI=1S/C20H30FN/c1-16-12-13-20(21)19(14-16)11-5-10-18(15-22)9-4-8-17-6-2-3-7-17/h9,12-14,17H,2-8,10-11,15,22H2,1H3/b18-9-. The lowest BCUT2D eigenvalue weighted by Gasteiger charge is -2.09. The highest BCUT2D eigenvalue weighted by atomic mass is 19.1. The highest BCUT2D eigenvalue weighted by molar-refractivity contribution is 5.24. The van der Waals surface area contributed by atoms with E-state index < -0.39 is 0 Å². The quantitative estimate of drug-likeness (QED) is 0.647. The number of nitrogens with two attached hydrogens (primary N) is 1. The van der Waals surface area contributed by atoms with Crippen molar-refractivity contribution in [2.24, 2.45) is 11.7 Å². The van der Waals surface area contributed by atoms with E-state index >= 15 is 0 Å². The third-order valence-corrected chi connectivity index (χ3v) is 4.89. The number of allylic oxidation sites excluding steroid dienone is 1. The van der Waals surface area contributed by atoms with Crippen LogP contribution in [0.1, 0.15) is 62.5 Å². The highest BCUT2D eigenvalue weighted by Crippen LogP contribution is 2.28. The molecule has 0 atom stereocenters. The molecular formula is C20H30FN. The van der Waals surface area contributed by atoms with E-state index in [9.17, 15) is 4.39 Å². The van der Waals surface area contributed by atoms with Crippen molar-refractivity contribution in [1.29, 1.82) is 0 Å². The average molecular weight is 303 g/mol. The Bertz CT molecular complexity index is 486. The Morgan fingerprint density at radius 1 is 1.32 bits per heavy atom.